The molecule has 1 N–H and O–H groups in total. The first-order chi connectivity index (χ1) is 9.63. The number of benzene rings is 1. The lowest BCUT2D eigenvalue weighted by Crippen LogP contribution is -2.15. The van der Waals surface area contributed by atoms with Crippen LogP contribution in [-0.2, 0) is 11.3 Å². The van der Waals surface area contributed by atoms with E-state index in [4.69, 9.17) is 4.74 Å². The molecule has 2 rings (SSSR count). The van der Waals surface area contributed by atoms with Crippen LogP contribution in [0.2, 0.25) is 0 Å². The zero-order valence-corrected chi connectivity index (χ0v) is 12.3. The van der Waals surface area contributed by atoms with Gasteiger partial charge in [0.15, 0.2) is 5.82 Å². The van der Waals surface area contributed by atoms with Crippen LogP contribution in [0, 0.1) is 5.82 Å². The molecule has 1 amide bonds. The highest BCUT2D eigenvalue weighted by Gasteiger charge is 2.14. The molecule has 0 aliphatic carbocycles. The lowest BCUT2D eigenvalue weighted by Gasteiger charge is -2.12. The van der Waals surface area contributed by atoms with Crippen LogP contribution in [0.4, 0.5) is 10.1 Å². The van der Waals surface area contributed by atoms with E-state index in [-0.39, 0.29) is 5.56 Å². The number of ether oxygens (including phenoxy) is 1. The fourth-order valence-electron chi connectivity index (χ4n) is 1.72. The zero-order valence-electron chi connectivity index (χ0n) is 10.7. The van der Waals surface area contributed by atoms with E-state index in [0.29, 0.717) is 12.3 Å². The smallest absolute Gasteiger partial charge is 0.258 e. The summed E-state index contributed by atoms with van der Waals surface area (Å²) in [6, 6.07) is 6.69. The molecule has 0 unspecified atom stereocenters. The molecule has 0 aliphatic heterocycles. The van der Waals surface area contributed by atoms with Crippen molar-refractivity contribution in [3.05, 3.63) is 58.1 Å². The van der Waals surface area contributed by atoms with Gasteiger partial charge >= 0.3 is 0 Å². The van der Waals surface area contributed by atoms with Crippen molar-refractivity contribution in [2.45, 2.75) is 6.61 Å². The summed E-state index contributed by atoms with van der Waals surface area (Å²) in [6.07, 6.45) is 2.38. The van der Waals surface area contributed by atoms with Gasteiger partial charge in [-0.1, -0.05) is 22.0 Å². The van der Waals surface area contributed by atoms with Crippen LogP contribution in [0.5, 0.6) is 0 Å². The van der Waals surface area contributed by atoms with E-state index in [1.165, 1.54) is 12.3 Å². The highest BCUT2D eigenvalue weighted by Crippen LogP contribution is 2.26. The number of amides is 1. The number of methoxy groups -OCH3 is 1. The summed E-state index contributed by atoms with van der Waals surface area (Å²) in [4.78, 5) is 15.7. The molecule has 0 bridgehead atoms. The number of carbonyl (C=O) groups is 1. The molecule has 104 valence electrons. The average molecular weight is 339 g/mol. The van der Waals surface area contributed by atoms with E-state index in [1.807, 2.05) is 6.07 Å². The number of hydrogen-bond acceptors (Lipinski definition) is 3. The molecular formula is C14H12BrFN2O2. The summed E-state index contributed by atoms with van der Waals surface area (Å²) in [7, 11) is 1.56. The van der Waals surface area contributed by atoms with Crippen molar-refractivity contribution < 1.29 is 13.9 Å². The van der Waals surface area contributed by atoms with Crippen molar-refractivity contribution in [3.8, 4) is 0 Å². The van der Waals surface area contributed by atoms with E-state index >= 15 is 0 Å². The summed E-state index contributed by atoms with van der Waals surface area (Å²) in [6.45, 7) is 0.329. The van der Waals surface area contributed by atoms with Gasteiger partial charge < -0.3 is 10.1 Å². The van der Waals surface area contributed by atoms with Crippen LogP contribution >= 0.6 is 15.9 Å². The Morgan fingerprint density at radius 3 is 2.95 bits per heavy atom. The van der Waals surface area contributed by atoms with Crippen LogP contribution < -0.4 is 5.32 Å². The molecule has 0 radical (unpaired) electrons. The van der Waals surface area contributed by atoms with Crippen LogP contribution in [0.3, 0.4) is 0 Å². The van der Waals surface area contributed by atoms with E-state index in [1.54, 1.807) is 19.2 Å². The number of anilines is 1. The Hall–Kier alpha value is -1.79. The first kappa shape index (κ1) is 14.6. The maximum Gasteiger partial charge on any atom is 0.258 e. The second kappa shape index (κ2) is 6.58. The molecule has 0 atom stereocenters. The van der Waals surface area contributed by atoms with Crippen LogP contribution in [-0.4, -0.2) is 18.0 Å². The molecule has 4 nitrogen and oxygen atoms in total. The average Bonchev–Trinajstić information content (AvgIpc) is 2.43. The number of aromatic nitrogens is 1. The van der Waals surface area contributed by atoms with Crippen molar-refractivity contribution in [3.63, 3.8) is 0 Å². The van der Waals surface area contributed by atoms with Gasteiger partial charge in [-0.25, -0.2) is 4.39 Å². The largest absolute Gasteiger partial charge is 0.380 e. The molecule has 2 aromatic rings. The molecule has 1 heterocycles. The van der Waals surface area contributed by atoms with Crippen molar-refractivity contribution >= 4 is 27.5 Å². The molecule has 0 spiro atoms. The van der Waals surface area contributed by atoms with Crippen molar-refractivity contribution in [2.24, 2.45) is 0 Å². The minimum atomic E-state index is -0.659. The van der Waals surface area contributed by atoms with Crippen LogP contribution in [0.15, 0.2) is 41.1 Å². The summed E-state index contributed by atoms with van der Waals surface area (Å²) >= 11 is 3.39. The minimum Gasteiger partial charge on any atom is -0.380 e. The number of hydrogen-bond donors (Lipinski definition) is 1. The monoisotopic (exact) mass is 338 g/mol. The highest BCUT2D eigenvalue weighted by molar-refractivity contribution is 9.10. The number of nitrogens with one attached hydrogen (secondary N) is 1. The molecular weight excluding hydrogens is 327 g/mol. The van der Waals surface area contributed by atoms with Crippen LogP contribution in [0.25, 0.3) is 0 Å². The van der Waals surface area contributed by atoms with E-state index < -0.39 is 11.7 Å². The van der Waals surface area contributed by atoms with Gasteiger partial charge in [0.2, 0.25) is 0 Å². The first-order valence-corrected chi connectivity index (χ1v) is 6.60. The molecule has 0 fully saturated rings. The standard InChI is InChI=1S/C14H12BrFN2O2/c1-20-8-10-11(15)3-2-4-13(10)18-14(19)9-5-6-17-7-12(9)16/h2-7H,8H2,1H3,(H,18,19). The Kier molecular flexibility index (Phi) is 4.81. The van der Waals surface area contributed by atoms with E-state index in [0.717, 1.165) is 16.2 Å². The Bertz CT molecular complexity index is 634. The van der Waals surface area contributed by atoms with Gasteiger partial charge in [0.05, 0.1) is 18.4 Å². The quantitative estimate of drug-likeness (QED) is 0.929. The Morgan fingerprint density at radius 2 is 2.25 bits per heavy atom. The summed E-state index contributed by atoms with van der Waals surface area (Å²) < 4.78 is 19.4. The van der Waals surface area contributed by atoms with Crippen molar-refractivity contribution in [1.29, 1.82) is 0 Å². The molecule has 0 saturated heterocycles. The maximum absolute atomic E-state index is 13.5. The fourth-order valence-corrected chi connectivity index (χ4v) is 2.20. The van der Waals surface area contributed by atoms with Gasteiger partial charge in [0, 0.05) is 29.0 Å². The number of rotatable bonds is 4. The third kappa shape index (κ3) is 3.20. The first-order valence-electron chi connectivity index (χ1n) is 5.80. The number of carbonyl (C=O) groups excluding carboxylic acids is 1. The van der Waals surface area contributed by atoms with Gasteiger partial charge in [0.25, 0.3) is 5.91 Å². The lowest BCUT2D eigenvalue weighted by molar-refractivity contribution is 0.102. The highest BCUT2D eigenvalue weighted by atomic mass is 79.9. The minimum absolute atomic E-state index is 0.0525. The molecule has 1 aromatic carbocycles. The fraction of sp³-hybridized carbons (Fsp3) is 0.143. The topological polar surface area (TPSA) is 51.2 Å². The molecule has 0 saturated carbocycles. The van der Waals surface area contributed by atoms with Crippen molar-refractivity contribution in [2.75, 3.05) is 12.4 Å². The summed E-state index contributed by atoms with van der Waals surface area (Å²) in [5.41, 5.74) is 1.31. The molecule has 20 heavy (non-hydrogen) atoms. The lowest BCUT2D eigenvalue weighted by atomic mass is 10.1. The number of halogens is 2. The predicted molar refractivity (Wildman–Crippen MR) is 77.0 cm³/mol. The molecule has 6 heteroatoms. The van der Waals surface area contributed by atoms with Gasteiger partial charge in [-0.2, -0.15) is 0 Å². The Morgan fingerprint density at radius 1 is 1.45 bits per heavy atom. The Labute approximate surface area is 124 Å². The molecule has 1 aromatic heterocycles. The van der Waals surface area contributed by atoms with Gasteiger partial charge in [-0.3, -0.25) is 9.78 Å². The van der Waals surface area contributed by atoms with E-state index in [9.17, 15) is 9.18 Å². The third-order valence-electron chi connectivity index (χ3n) is 2.67. The second-order valence-electron chi connectivity index (χ2n) is 4.01. The number of nitrogens with zero attached hydrogens (tertiary/aromatic N) is 1. The van der Waals surface area contributed by atoms with Crippen molar-refractivity contribution in [1.82, 2.24) is 4.98 Å². The third-order valence-corrected chi connectivity index (χ3v) is 3.42. The SMILES string of the molecule is COCc1c(Br)cccc1NC(=O)c1ccncc1F. The Balaban J connectivity index is 2.29. The zero-order chi connectivity index (χ0) is 14.5. The van der Waals surface area contributed by atoms with Gasteiger partial charge in [-0.05, 0) is 18.2 Å². The second-order valence-corrected chi connectivity index (χ2v) is 4.86. The number of pyridine rings is 1. The van der Waals surface area contributed by atoms with E-state index in [2.05, 4.69) is 26.2 Å². The van der Waals surface area contributed by atoms with Crippen LogP contribution in [0.1, 0.15) is 15.9 Å². The van der Waals surface area contributed by atoms with Gasteiger partial charge in [0.1, 0.15) is 0 Å². The normalized spacial score (nSPS) is 10.3. The summed E-state index contributed by atoms with van der Waals surface area (Å²) in [5, 5.41) is 2.68. The predicted octanol–water partition coefficient (Wildman–Crippen LogP) is 3.38. The molecule has 0 aliphatic rings. The maximum atomic E-state index is 13.5. The summed E-state index contributed by atoms with van der Waals surface area (Å²) in [5.74, 6) is -1.19. The van der Waals surface area contributed by atoms with Gasteiger partial charge in [-0.15, -0.1) is 0 Å².